The average molecular weight is 263 g/mol. The van der Waals surface area contributed by atoms with E-state index in [0.717, 1.165) is 13.0 Å². The van der Waals surface area contributed by atoms with E-state index in [1.165, 1.54) is 24.0 Å². The van der Waals surface area contributed by atoms with Crippen molar-refractivity contribution < 1.29 is 4.39 Å². The van der Waals surface area contributed by atoms with Crippen molar-refractivity contribution in [2.75, 3.05) is 6.54 Å². The summed E-state index contributed by atoms with van der Waals surface area (Å²) in [6.07, 6.45) is 9.29. The van der Waals surface area contributed by atoms with Gasteiger partial charge in [-0.1, -0.05) is 26.3 Å². The Bertz CT molecular complexity index is 419. The van der Waals surface area contributed by atoms with Gasteiger partial charge in [0, 0.05) is 6.54 Å². The zero-order valence-corrected chi connectivity index (χ0v) is 12.6. The van der Waals surface area contributed by atoms with Gasteiger partial charge in [-0.05, 0) is 56.0 Å². The maximum atomic E-state index is 14.4. The fraction of sp³-hybridized carbons (Fsp3) is 0.647. The first-order chi connectivity index (χ1) is 9.13. The molecule has 0 amide bonds. The number of allylic oxidation sites excluding steroid dienone is 2. The quantitative estimate of drug-likeness (QED) is 0.686. The van der Waals surface area contributed by atoms with Crippen LogP contribution >= 0.6 is 0 Å². The molecule has 0 fully saturated rings. The summed E-state index contributed by atoms with van der Waals surface area (Å²) in [5.74, 6) is 0.549. The highest BCUT2D eigenvalue weighted by atomic mass is 19.1. The summed E-state index contributed by atoms with van der Waals surface area (Å²) in [4.78, 5) is 2.32. The molecule has 0 N–H and O–H groups in total. The lowest BCUT2D eigenvalue weighted by Crippen LogP contribution is -2.35. The molecule has 2 unspecified atom stereocenters. The number of rotatable bonds is 5. The molecular weight excluding hydrogens is 237 g/mol. The lowest BCUT2D eigenvalue weighted by molar-refractivity contribution is 0.287. The summed E-state index contributed by atoms with van der Waals surface area (Å²) < 4.78 is 14.4. The van der Waals surface area contributed by atoms with Crippen LogP contribution in [-0.4, -0.2) is 17.5 Å². The molecule has 19 heavy (non-hydrogen) atoms. The van der Waals surface area contributed by atoms with Crippen LogP contribution in [0, 0.1) is 11.8 Å². The zero-order chi connectivity index (χ0) is 14.0. The highest BCUT2D eigenvalue weighted by Crippen LogP contribution is 2.45. The normalized spacial score (nSPS) is 27.6. The van der Waals surface area contributed by atoms with E-state index in [1.807, 2.05) is 6.08 Å². The van der Waals surface area contributed by atoms with E-state index < -0.39 is 0 Å². The minimum Gasteiger partial charge on any atom is -0.370 e. The van der Waals surface area contributed by atoms with Gasteiger partial charge in [0.15, 0.2) is 0 Å². The number of halogens is 1. The number of nitrogens with zero attached hydrogens (tertiary/aromatic N) is 1. The Labute approximate surface area is 116 Å². The molecule has 2 heteroatoms. The van der Waals surface area contributed by atoms with Crippen LogP contribution in [0.5, 0.6) is 0 Å². The fourth-order valence-electron chi connectivity index (χ4n) is 3.58. The number of hydrogen-bond donors (Lipinski definition) is 0. The minimum atomic E-state index is -0.0264. The average Bonchev–Trinajstić information content (AvgIpc) is 2.81. The van der Waals surface area contributed by atoms with Crippen LogP contribution in [0.3, 0.4) is 0 Å². The summed E-state index contributed by atoms with van der Waals surface area (Å²) in [7, 11) is 0. The summed E-state index contributed by atoms with van der Waals surface area (Å²) in [5, 5.41) is 0. The van der Waals surface area contributed by atoms with Crippen molar-refractivity contribution in [3.63, 3.8) is 0 Å². The predicted octanol–water partition coefficient (Wildman–Crippen LogP) is 4.83. The van der Waals surface area contributed by atoms with Gasteiger partial charge in [0.1, 0.15) is 5.83 Å². The molecule has 1 heterocycles. The van der Waals surface area contributed by atoms with Crippen LogP contribution in [0.1, 0.15) is 47.0 Å². The molecular formula is C17H26FN. The highest BCUT2D eigenvalue weighted by Gasteiger charge is 2.41. The molecule has 1 aliphatic heterocycles. The molecule has 0 aromatic rings. The van der Waals surface area contributed by atoms with E-state index in [9.17, 15) is 4.39 Å². The Morgan fingerprint density at radius 2 is 2.00 bits per heavy atom. The Hall–Kier alpha value is -1.05. The molecule has 0 aromatic heterocycles. The third-order valence-electron chi connectivity index (χ3n) is 4.58. The van der Waals surface area contributed by atoms with E-state index in [4.69, 9.17) is 0 Å². The van der Waals surface area contributed by atoms with Gasteiger partial charge in [-0.3, -0.25) is 0 Å². The van der Waals surface area contributed by atoms with Crippen molar-refractivity contribution in [1.82, 2.24) is 4.90 Å². The van der Waals surface area contributed by atoms with Crippen LogP contribution in [0.25, 0.3) is 0 Å². The van der Waals surface area contributed by atoms with E-state index in [2.05, 4.69) is 38.8 Å². The smallest absolute Gasteiger partial charge is 0.110 e. The molecule has 0 bridgehead atoms. The first kappa shape index (κ1) is 14.4. The van der Waals surface area contributed by atoms with Crippen LogP contribution < -0.4 is 0 Å². The third-order valence-corrected chi connectivity index (χ3v) is 4.58. The summed E-state index contributed by atoms with van der Waals surface area (Å²) in [6, 6.07) is 0.218. The van der Waals surface area contributed by atoms with Crippen LogP contribution in [0.15, 0.2) is 35.3 Å². The number of likely N-dealkylation sites (N-methyl/N-ethyl adjacent to an activating group) is 1. The van der Waals surface area contributed by atoms with Crippen LogP contribution in [0.4, 0.5) is 4.39 Å². The Morgan fingerprint density at radius 3 is 2.58 bits per heavy atom. The lowest BCUT2D eigenvalue weighted by Gasteiger charge is -2.32. The number of hydrogen-bond acceptors (Lipinski definition) is 1. The second-order valence-electron chi connectivity index (χ2n) is 5.74. The molecule has 0 spiro atoms. The Morgan fingerprint density at radius 1 is 1.26 bits per heavy atom. The lowest BCUT2D eigenvalue weighted by atomic mass is 9.78. The van der Waals surface area contributed by atoms with Crippen molar-refractivity contribution in [3.8, 4) is 0 Å². The molecule has 2 rings (SSSR count). The Kier molecular flexibility index (Phi) is 4.49. The van der Waals surface area contributed by atoms with Gasteiger partial charge in [-0.15, -0.1) is 0 Å². The van der Waals surface area contributed by atoms with Crippen molar-refractivity contribution in [3.05, 3.63) is 35.3 Å². The molecule has 0 radical (unpaired) electrons. The highest BCUT2D eigenvalue weighted by molar-refractivity contribution is 5.39. The molecule has 3 atom stereocenters. The SMILES string of the molecule is CCCC(CC)C1=CN(CC)C2C(C)=CC=C(F)[C@@H]12. The van der Waals surface area contributed by atoms with Gasteiger partial charge >= 0.3 is 0 Å². The monoisotopic (exact) mass is 263 g/mol. The van der Waals surface area contributed by atoms with Crippen molar-refractivity contribution in [2.45, 2.75) is 53.0 Å². The largest absolute Gasteiger partial charge is 0.370 e. The van der Waals surface area contributed by atoms with Crippen molar-refractivity contribution >= 4 is 0 Å². The van der Waals surface area contributed by atoms with Gasteiger partial charge < -0.3 is 4.90 Å². The molecule has 0 saturated heterocycles. The fourth-order valence-corrected chi connectivity index (χ4v) is 3.58. The van der Waals surface area contributed by atoms with Gasteiger partial charge in [0.2, 0.25) is 0 Å². The van der Waals surface area contributed by atoms with Crippen molar-refractivity contribution in [2.24, 2.45) is 11.8 Å². The Balaban J connectivity index is 2.34. The van der Waals surface area contributed by atoms with Crippen molar-refractivity contribution in [1.29, 1.82) is 0 Å². The van der Waals surface area contributed by atoms with Gasteiger partial charge in [-0.25, -0.2) is 4.39 Å². The maximum absolute atomic E-state index is 14.4. The number of fused-ring (bicyclic) bond motifs is 1. The van der Waals surface area contributed by atoms with Crippen LogP contribution in [0.2, 0.25) is 0 Å². The van der Waals surface area contributed by atoms with E-state index >= 15 is 0 Å². The zero-order valence-electron chi connectivity index (χ0n) is 12.6. The third kappa shape index (κ3) is 2.50. The predicted molar refractivity (Wildman–Crippen MR) is 79.4 cm³/mol. The standard InChI is InChI=1S/C17H26FN/c1-5-8-13(6-2)14-11-19(7-3)17-12(4)9-10-15(18)16(14)17/h9-11,13,16-17H,5-8H2,1-4H3/t13?,16-,17?/m1/s1. The first-order valence-electron chi connectivity index (χ1n) is 7.65. The van der Waals surface area contributed by atoms with Crippen LogP contribution in [-0.2, 0) is 0 Å². The first-order valence-corrected chi connectivity index (χ1v) is 7.65. The second-order valence-corrected chi connectivity index (χ2v) is 5.74. The van der Waals surface area contributed by atoms with Gasteiger partial charge in [0.25, 0.3) is 0 Å². The summed E-state index contributed by atoms with van der Waals surface area (Å²) in [6.45, 7) is 9.66. The second kappa shape index (κ2) is 5.94. The summed E-state index contributed by atoms with van der Waals surface area (Å²) >= 11 is 0. The van der Waals surface area contributed by atoms with E-state index in [0.29, 0.717) is 5.92 Å². The van der Waals surface area contributed by atoms with E-state index in [1.54, 1.807) is 6.08 Å². The molecule has 1 aliphatic carbocycles. The van der Waals surface area contributed by atoms with E-state index in [-0.39, 0.29) is 17.8 Å². The van der Waals surface area contributed by atoms with Gasteiger partial charge in [-0.2, -0.15) is 0 Å². The van der Waals surface area contributed by atoms with Gasteiger partial charge in [0.05, 0.1) is 12.0 Å². The summed E-state index contributed by atoms with van der Waals surface area (Å²) in [5.41, 5.74) is 2.60. The molecule has 0 aromatic carbocycles. The molecule has 2 aliphatic rings. The minimum absolute atomic E-state index is 0.0264. The molecule has 106 valence electrons. The molecule has 1 nitrogen and oxygen atoms in total. The maximum Gasteiger partial charge on any atom is 0.110 e. The molecule has 0 saturated carbocycles. The topological polar surface area (TPSA) is 3.24 Å².